The first-order valence-corrected chi connectivity index (χ1v) is 8.01. The van der Waals surface area contributed by atoms with E-state index >= 15 is 0 Å². The van der Waals surface area contributed by atoms with Gasteiger partial charge in [-0.25, -0.2) is 9.64 Å². The van der Waals surface area contributed by atoms with Gasteiger partial charge in [-0.15, -0.1) is 11.3 Å². The lowest BCUT2D eigenvalue weighted by molar-refractivity contribution is 0.0533. The van der Waals surface area contributed by atoms with Crippen LogP contribution in [-0.2, 0) is 11.2 Å². The second-order valence-corrected chi connectivity index (χ2v) is 5.86. The van der Waals surface area contributed by atoms with Crippen LogP contribution in [0.15, 0.2) is 24.3 Å². The molecule has 5 nitrogen and oxygen atoms in total. The second kappa shape index (κ2) is 7.42. The molecular formula is C16H16BNO4S. The number of esters is 1. The summed E-state index contributed by atoms with van der Waals surface area (Å²) in [5, 5.41) is 18.4. The number of aryl methyl sites for hydroxylation is 1. The Labute approximate surface area is 139 Å². The number of benzene rings is 1. The summed E-state index contributed by atoms with van der Waals surface area (Å²) in [5.41, 5.74) is 2.04. The molecule has 2 N–H and O–H groups in total. The highest BCUT2D eigenvalue weighted by atomic mass is 32.1. The summed E-state index contributed by atoms with van der Waals surface area (Å²) in [6.45, 7) is 11.4. The van der Waals surface area contributed by atoms with Crippen LogP contribution in [0.1, 0.15) is 28.4 Å². The van der Waals surface area contributed by atoms with Gasteiger partial charge in [0, 0.05) is 10.4 Å². The number of rotatable bonds is 5. The van der Waals surface area contributed by atoms with Gasteiger partial charge in [-0.05, 0) is 24.4 Å². The van der Waals surface area contributed by atoms with E-state index in [1.807, 2.05) is 6.92 Å². The van der Waals surface area contributed by atoms with E-state index in [0.29, 0.717) is 33.6 Å². The van der Waals surface area contributed by atoms with Crippen LogP contribution in [0.2, 0.25) is 0 Å². The third-order valence-corrected chi connectivity index (χ3v) is 4.65. The van der Waals surface area contributed by atoms with Crippen LogP contribution in [0.3, 0.4) is 0 Å². The zero-order valence-corrected chi connectivity index (χ0v) is 13.7. The quantitative estimate of drug-likeness (QED) is 0.502. The van der Waals surface area contributed by atoms with Gasteiger partial charge in [-0.1, -0.05) is 31.2 Å². The Hall–Kier alpha value is -2.14. The topological polar surface area (TPSA) is 71.1 Å². The average molecular weight is 329 g/mol. The smallest absolute Gasteiger partial charge is 0.462 e. The third-order valence-electron chi connectivity index (χ3n) is 3.34. The fraction of sp³-hybridized carbons (Fsp3) is 0.250. The Balaban J connectivity index is 2.61. The predicted octanol–water partition coefficient (Wildman–Crippen LogP) is 2.38. The minimum absolute atomic E-state index is 0.265. The molecule has 0 aliphatic rings. The zero-order valence-electron chi connectivity index (χ0n) is 12.9. The van der Waals surface area contributed by atoms with Crippen molar-refractivity contribution in [3.05, 3.63) is 45.4 Å². The highest BCUT2D eigenvalue weighted by Gasteiger charge is 2.24. The van der Waals surface area contributed by atoms with E-state index in [1.54, 1.807) is 31.2 Å². The van der Waals surface area contributed by atoms with E-state index in [-0.39, 0.29) is 6.61 Å². The lowest BCUT2D eigenvalue weighted by Crippen LogP contribution is -2.29. The Morgan fingerprint density at radius 3 is 2.43 bits per heavy atom. The lowest BCUT2D eigenvalue weighted by Gasteiger charge is -2.07. The molecule has 1 aromatic heterocycles. The molecule has 0 aliphatic carbocycles. The van der Waals surface area contributed by atoms with Crippen LogP contribution in [0.25, 0.3) is 16.0 Å². The van der Waals surface area contributed by atoms with Gasteiger partial charge in [-0.2, -0.15) is 0 Å². The maximum absolute atomic E-state index is 12.2. The molecule has 0 fully saturated rings. The minimum atomic E-state index is -1.55. The molecule has 0 aliphatic heterocycles. The van der Waals surface area contributed by atoms with Gasteiger partial charge in [0.15, 0.2) is 0 Å². The molecular weight excluding hydrogens is 313 g/mol. The standard InChI is InChI=1S/C16H16BNO4S/c1-4-12-14(18-3)13(15(23-12)16(19)22-5-2)10-6-8-11(9-7-10)17(20)21/h6-9,20-21H,4-5H2,1-2H3. The molecule has 0 unspecified atom stereocenters. The molecule has 2 aromatic rings. The predicted molar refractivity (Wildman–Crippen MR) is 91.2 cm³/mol. The van der Waals surface area contributed by atoms with Crippen LogP contribution in [0.5, 0.6) is 0 Å². The highest BCUT2D eigenvalue weighted by Crippen LogP contribution is 2.43. The van der Waals surface area contributed by atoms with Gasteiger partial charge in [0.25, 0.3) is 0 Å². The van der Waals surface area contributed by atoms with Crippen molar-refractivity contribution in [1.29, 1.82) is 0 Å². The van der Waals surface area contributed by atoms with Gasteiger partial charge in [-0.3, -0.25) is 0 Å². The van der Waals surface area contributed by atoms with E-state index < -0.39 is 13.1 Å². The van der Waals surface area contributed by atoms with E-state index in [9.17, 15) is 14.8 Å². The molecule has 0 saturated heterocycles. The number of carbonyl (C=O) groups excluding carboxylic acids is 1. The van der Waals surface area contributed by atoms with Crippen LogP contribution >= 0.6 is 11.3 Å². The SMILES string of the molecule is [C-]#[N+]c1c(CC)sc(C(=O)OCC)c1-c1ccc(B(O)O)cc1. The largest absolute Gasteiger partial charge is 0.488 e. The summed E-state index contributed by atoms with van der Waals surface area (Å²) in [5.74, 6) is -0.441. The lowest BCUT2D eigenvalue weighted by atomic mass is 9.80. The first kappa shape index (κ1) is 17.2. The van der Waals surface area contributed by atoms with Gasteiger partial charge in [0.2, 0.25) is 5.69 Å². The normalized spacial score (nSPS) is 10.2. The Morgan fingerprint density at radius 1 is 1.30 bits per heavy atom. The number of nitrogens with zero attached hydrogens (tertiary/aromatic N) is 1. The Kier molecular flexibility index (Phi) is 5.56. The first-order valence-electron chi connectivity index (χ1n) is 7.20. The maximum atomic E-state index is 12.2. The van der Waals surface area contributed by atoms with Crippen molar-refractivity contribution in [2.45, 2.75) is 20.3 Å². The Morgan fingerprint density at radius 2 is 1.96 bits per heavy atom. The zero-order chi connectivity index (χ0) is 17.0. The van der Waals surface area contributed by atoms with Crippen molar-refractivity contribution >= 4 is 35.6 Å². The molecule has 0 radical (unpaired) electrons. The van der Waals surface area contributed by atoms with Crippen molar-refractivity contribution in [3.63, 3.8) is 0 Å². The number of thiophene rings is 1. The van der Waals surface area contributed by atoms with Crippen molar-refractivity contribution < 1.29 is 19.6 Å². The van der Waals surface area contributed by atoms with Crippen molar-refractivity contribution in [2.75, 3.05) is 6.61 Å². The molecule has 0 spiro atoms. The summed E-state index contributed by atoms with van der Waals surface area (Å²) in [6.07, 6.45) is 0.655. The van der Waals surface area contributed by atoms with Gasteiger partial charge in [0.1, 0.15) is 4.88 Å². The number of ether oxygens (including phenoxy) is 1. The average Bonchev–Trinajstić information content (AvgIpc) is 2.93. The van der Waals surface area contributed by atoms with Crippen molar-refractivity contribution in [1.82, 2.24) is 0 Å². The summed E-state index contributed by atoms with van der Waals surface area (Å²) < 4.78 is 5.10. The number of hydrogen-bond acceptors (Lipinski definition) is 5. The minimum Gasteiger partial charge on any atom is -0.462 e. The number of hydrogen-bond donors (Lipinski definition) is 2. The van der Waals surface area contributed by atoms with E-state index in [0.717, 1.165) is 4.88 Å². The summed E-state index contributed by atoms with van der Waals surface area (Å²) in [4.78, 5) is 17.1. The molecule has 2 rings (SSSR count). The third kappa shape index (κ3) is 3.45. The molecule has 23 heavy (non-hydrogen) atoms. The van der Waals surface area contributed by atoms with Crippen molar-refractivity contribution in [2.24, 2.45) is 0 Å². The molecule has 0 saturated carbocycles. The summed E-state index contributed by atoms with van der Waals surface area (Å²) in [7, 11) is -1.55. The first-order chi connectivity index (χ1) is 11.0. The van der Waals surface area contributed by atoms with Crippen molar-refractivity contribution in [3.8, 4) is 11.1 Å². The maximum Gasteiger partial charge on any atom is 0.488 e. The van der Waals surface area contributed by atoms with Gasteiger partial charge < -0.3 is 14.8 Å². The van der Waals surface area contributed by atoms with Crippen LogP contribution in [0, 0.1) is 6.57 Å². The fourth-order valence-corrected chi connectivity index (χ4v) is 3.35. The molecule has 118 valence electrons. The van der Waals surface area contributed by atoms with Crippen LogP contribution in [0.4, 0.5) is 5.69 Å². The summed E-state index contributed by atoms with van der Waals surface area (Å²) >= 11 is 1.28. The Bertz CT molecular complexity index is 747. The van der Waals surface area contributed by atoms with Gasteiger partial charge >= 0.3 is 13.1 Å². The highest BCUT2D eigenvalue weighted by molar-refractivity contribution is 7.15. The van der Waals surface area contributed by atoms with Gasteiger partial charge in [0.05, 0.1) is 13.2 Å². The molecule has 0 bridgehead atoms. The molecule has 0 amide bonds. The fourth-order valence-electron chi connectivity index (χ4n) is 2.26. The molecule has 0 atom stereocenters. The van der Waals surface area contributed by atoms with Crippen LogP contribution < -0.4 is 5.46 Å². The van der Waals surface area contributed by atoms with E-state index in [1.165, 1.54) is 11.3 Å². The second-order valence-electron chi connectivity index (χ2n) is 4.76. The number of carbonyl (C=O) groups is 1. The monoisotopic (exact) mass is 329 g/mol. The molecule has 7 heteroatoms. The van der Waals surface area contributed by atoms with Crippen LogP contribution in [-0.4, -0.2) is 29.7 Å². The van der Waals surface area contributed by atoms with E-state index in [2.05, 4.69) is 4.85 Å². The molecule has 1 heterocycles. The summed E-state index contributed by atoms with van der Waals surface area (Å²) in [6, 6.07) is 6.47. The molecule has 1 aromatic carbocycles. The van der Waals surface area contributed by atoms with E-state index in [4.69, 9.17) is 11.3 Å².